The van der Waals surface area contributed by atoms with Crippen LogP contribution in [-0.2, 0) is 11.0 Å². The second kappa shape index (κ2) is 8.91. The first-order chi connectivity index (χ1) is 16.6. The molecule has 0 radical (unpaired) electrons. The van der Waals surface area contributed by atoms with Gasteiger partial charge in [0.2, 0.25) is 5.91 Å². The third-order valence-electron chi connectivity index (χ3n) is 6.09. The van der Waals surface area contributed by atoms with Crippen LogP contribution < -0.4 is 4.90 Å². The lowest BCUT2D eigenvalue weighted by Gasteiger charge is -2.31. The number of amides is 1. The van der Waals surface area contributed by atoms with Gasteiger partial charge in [0.1, 0.15) is 5.03 Å². The lowest BCUT2D eigenvalue weighted by Crippen LogP contribution is -2.30. The average molecular weight is 511 g/mol. The number of thioether (sulfide) groups is 1. The van der Waals surface area contributed by atoms with E-state index in [9.17, 15) is 18.0 Å². The summed E-state index contributed by atoms with van der Waals surface area (Å²) in [5.41, 5.74) is 4.14. The molecule has 0 fully saturated rings. The van der Waals surface area contributed by atoms with Gasteiger partial charge in [0.05, 0.1) is 28.2 Å². The van der Waals surface area contributed by atoms with Crippen molar-refractivity contribution in [2.45, 2.75) is 41.8 Å². The molecule has 4 aromatic rings. The van der Waals surface area contributed by atoms with Crippen LogP contribution in [0.25, 0.3) is 10.9 Å². The Kier molecular flexibility index (Phi) is 6.05. The first kappa shape index (κ1) is 23.8. The first-order valence-corrected chi connectivity index (χ1v) is 12.7. The Morgan fingerprint density at radius 1 is 0.943 bits per heavy atom. The molecule has 178 valence electrons. The molecule has 0 aliphatic carbocycles. The van der Waals surface area contributed by atoms with Gasteiger partial charge in [0.15, 0.2) is 0 Å². The summed E-state index contributed by atoms with van der Waals surface area (Å²) in [6.07, 6.45) is -4.50. The van der Waals surface area contributed by atoms with Gasteiger partial charge < -0.3 is 0 Å². The number of alkyl halides is 3. The maximum absolute atomic E-state index is 13.5. The van der Waals surface area contributed by atoms with E-state index in [1.807, 2.05) is 39.0 Å². The standard InChI is InChI=1S/C27H21F3N2OS2/c1-15-8-9-18-12-16(2)26(31-25(18)17(15)3)34-14-24(33)32-20-6-4-5-7-22(20)35-23-11-10-19(13-21(23)32)27(28,29)30/h4-13H,14H2,1-3H3. The maximum atomic E-state index is 13.5. The predicted molar refractivity (Wildman–Crippen MR) is 136 cm³/mol. The van der Waals surface area contributed by atoms with Crippen molar-refractivity contribution >= 4 is 51.7 Å². The second-order valence-electron chi connectivity index (χ2n) is 8.46. The summed E-state index contributed by atoms with van der Waals surface area (Å²) in [5, 5.41) is 1.78. The summed E-state index contributed by atoms with van der Waals surface area (Å²) in [7, 11) is 0. The van der Waals surface area contributed by atoms with Gasteiger partial charge in [-0.3, -0.25) is 9.69 Å². The lowest BCUT2D eigenvalue weighted by molar-refractivity contribution is -0.137. The Balaban J connectivity index is 1.50. The summed E-state index contributed by atoms with van der Waals surface area (Å²) in [4.78, 5) is 21.2. The molecule has 3 nitrogen and oxygen atoms in total. The highest BCUT2D eigenvalue weighted by Crippen LogP contribution is 2.49. The molecule has 0 atom stereocenters. The fraction of sp³-hybridized carbons (Fsp3) is 0.185. The van der Waals surface area contributed by atoms with Crippen molar-refractivity contribution in [2.75, 3.05) is 10.7 Å². The molecule has 0 unspecified atom stereocenters. The SMILES string of the molecule is Cc1cc2ccc(C)c(C)c2nc1SCC(=O)N1c2ccccc2Sc2ccc(C(F)(F)F)cc21. The lowest BCUT2D eigenvalue weighted by atomic mass is 10.0. The molecule has 1 aliphatic rings. The molecule has 0 saturated heterocycles. The van der Waals surface area contributed by atoms with Crippen LogP contribution in [0.4, 0.5) is 24.5 Å². The van der Waals surface area contributed by atoms with Crippen molar-refractivity contribution in [3.8, 4) is 0 Å². The normalized spacial score (nSPS) is 13.0. The summed E-state index contributed by atoms with van der Waals surface area (Å²) in [6, 6.07) is 17.0. The van der Waals surface area contributed by atoms with Gasteiger partial charge >= 0.3 is 6.18 Å². The van der Waals surface area contributed by atoms with Gasteiger partial charge in [0.25, 0.3) is 0 Å². The Hall–Kier alpha value is -2.97. The number of benzene rings is 3. The van der Waals surface area contributed by atoms with E-state index in [1.54, 1.807) is 12.1 Å². The van der Waals surface area contributed by atoms with E-state index in [4.69, 9.17) is 4.98 Å². The minimum atomic E-state index is -4.50. The monoisotopic (exact) mass is 510 g/mol. The maximum Gasteiger partial charge on any atom is 0.416 e. The van der Waals surface area contributed by atoms with Crippen molar-refractivity contribution in [3.05, 3.63) is 82.9 Å². The van der Waals surface area contributed by atoms with Gasteiger partial charge in [-0.25, -0.2) is 4.98 Å². The molecule has 5 rings (SSSR count). The van der Waals surface area contributed by atoms with Crippen LogP contribution in [0.1, 0.15) is 22.3 Å². The van der Waals surface area contributed by atoms with Crippen LogP contribution >= 0.6 is 23.5 Å². The molecule has 0 saturated carbocycles. The van der Waals surface area contributed by atoms with Crippen molar-refractivity contribution in [1.82, 2.24) is 4.98 Å². The van der Waals surface area contributed by atoms with E-state index in [1.165, 1.54) is 34.5 Å². The predicted octanol–water partition coefficient (Wildman–Crippen LogP) is 8.10. The minimum absolute atomic E-state index is 0.0406. The number of carbonyl (C=O) groups is 1. The zero-order valence-electron chi connectivity index (χ0n) is 19.2. The van der Waals surface area contributed by atoms with Crippen LogP contribution in [0.2, 0.25) is 0 Å². The molecule has 1 amide bonds. The number of para-hydroxylation sites is 1. The largest absolute Gasteiger partial charge is 0.416 e. The van der Waals surface area contributed by atoms with Gasteiger partial charge in [-0.05, 0) is 73.9 Å². The number of hydrogen-bond acceptors (Lipinski definition) is 4. The molecular formula is C27H21F3N2OS2. The summed E-state index contributed by atoms with van der Waals surface area (Å²) < 4.78 is 40.4. The fourth-order valence-electron chi connectivity index (χ4n) is 4.11. The molecule has 0 spiro atoms. The number of carbonyl (C=O) groups excluding carboxylic acids is 1. The zero-order valence-corrected chi connectivity index (χ0v) is 20.9. The van der Waals surface area contributed by atoms with Crippen molar-refractivity contribution in [3.63, 3.8) is 0 Å². The quantitative estimate of drug-likeness (QED) is 0.261. The van der Waals surface area contributed by atoms with E-state index in [0.29, 0.717) is 10.6 Å². The summed E-state index contributed by atoms with van der Waals surface area (Å²) >= 11 is 2.67. The van der Waals surface area contributed by atoms with Gasteiger partial charge in [-0.15, -0.1) is 0 Å². The number of pyridine rings is 1. The molecule has 1 aliphatic heterocycles. The van der Waals surface area contributed by atoms with Crippen LogP contribution in [0.15, 0.2) is 75.5 Å². The van der Waals surface area contributed by atoms with Crippen molar-refractivity contribution in [1.29, 1.82) is 0 Å². The van der Waals surface area contributed by atoms with Crippen LogP contribution in [0.3, 0.4) is 0 Å². The Labute approximate surface area is 209 Å². The van der Waals surface area contributed by atoms with E-state index < -0.39 is 11.7 Å². The number of aryl methyl sites for hydroxylation is 3. The number of aromatic nitrogens is 1. The molecule has 2 heterocycles. The van der Waals surface area contributed by atoms with Gasteiger partial charge in [0, 0.05) is 15.2 Å². The molecule has 3 aromatic carbocycles. The molecular weight excluding hydrogens is 489 g/mol. The number of nitrogens with zero attached hydrogens (tertiary/aromatic N) is 2. The number of hydrogen-bond donors (Lipinski definition) is 0. The van der Waals surface area contributed by atoms with Crippen LogP contribution in [-0.4, -0.2) is 16.6 Å². The molecule has 35 heavy (non-hydrogen) atoms. The third-order valence-corrected chi connectivity index (χ3v) is 8.30. The summed E-state index contributed by atoms with van der Waals surface area (Å²) in [6.45, 7) is 6.01. The first-order valence-electron chi connectivity index (χ1n) is 10.9. The van der Waals surface area contributed by atoms with Gasteiger partial charge in [-0.2, -0.15) is 13.2 Å². The van der Waals surface area contributed by atoms with Gasteiger partial charge in [-0.1, -0.05) is 47.8 Å². The van der Waals surface area contributed by atoms with E-state index >= 15 is 0 Å². The Morgan fingerprint density at radius 3 is 2.46 bits per heavy atom. The number of rotatable bonds is 3. The van der Waals surface area contributed by atoms with Crippen molar-refractivity contribution < 1.29 is 18.0 Å². The summed E-state index contributed by atoms with van der Waals surface area (Å²) in [5.74, 6) is -0.260. The zero-order chi connectivity index (χ0) is 24.9. The highest BCUT2D eigenvalue weighted by Gasteiger charge is 2.34. The van der Waals surface area contributed by atoms with E-state index in [0.717, 1.165) is 49.6 Å². The minimum Gasteiger partial charge on any atom is -0.278 e. The van der Waals surface area contributed by atoms with Crippen molar-refractivity contribution in [2.24, 2.45) is 0 Å². The Morgan fingerprint density at radius 2 is 1.69 bits per heavy atom. The number of halogens is 3. The smallest absolute Gasteiger partial charge is 0.278 e. The van der Waals surface area contributed by atoms with Crippen LogP contribution in [0.5, 0.6) is 0 Å². The average Bonchev–Trinajstić information content (AvgIpc) is 2.82. The van der Waals surface area contributed by atoms with E-state index in [2.05, 4.69) is 12.1 Å². The molecule has 0 N–H and O–H groups in total. The van der Waals surface area contributed by atoms with E-state index in [-0.39, 0.29) is 17.3 Å². The molecule has 1 aromatic heterocycles. The third kappa shape index (κ3) is 4.41. The van der Waals surface area contributed by atoms with Crippen LogP contribution in [0, 0.1) is 20.8 Å². The topological polar surface area (TPSA) is 33.2 Å². The highest BCUT2D eigenvalue weighted by atomic mass is 32.2. The highest BCUT2D eigenvalue weighted by molar-refractivity contribution is 8.00. The molecule has 8 heteroatoms. The number of fused-ring (bicyclic) bond motifs is 3. The fourth-order valence-corrected chi connectivity index (χ4v) is 5.98. The number of anilines is 2. The molecule has 0 bridgehead atoms. The second-order valence-corrected chi connectivity index (χ2v) is 10.5. The Bertz CT molecular complexity index is 1480.